The summed E-state index contributed by atoms with van der Waals surface area (Å²) in [5.74, 6) is -0.339. The van der Waals surface area contributed by atoms with Crippen molar-refractivity contribution in [3.63, 3.8) is 0 Å². The molecule has 92 valence electrons. The number of anilines is 1. The number of carbonyl (C=O) groups is 1. The van der Waals surface area contributed by atoms with Crippen LogP contribution in [0.5, 0.6) is 0 Å². The predicted molar refractivity (Wildman–Crippen MR) is 64.5 cm³/mol. The lowest BCUT2D eigenvalue weighted by atomic mass is 10.0. The number of nitro benzene ring substituents is 1. The molecule has 1 amide bonds. The quantitative estimate of drug-likeness (QED) is 0.612. The summed E-state index contributed by atoms with van der Waals surface area (Å²) in [6, 6.07) is 5.12. The number of hydrogen-bond acceptors (Lipinski definition) is 4. The molecule has 0 aromatic heterocycles. The molecule has 1 rings (SSSR count). The third-order valence-corrected chi connectivity index (χ3v) is 2.35. The van der Waals surface area contributed by atoms with Gasteiger partial charge in [0.15, 0.2) is 0 Å². The summed E-state index contributed by atoms with van der Waals surface area (Å²) in [6.07, 6.45) is 0. The van der Waals surface area contributed by atoms with E-state index in [0.717, 1.165) is 0 Å². The predicted octanol–water partition coefficient (Wildman–Crippen LogP) is 1.52. The number of nitrogens with two attached hydrogens (primary N) is 1. The van der Waals surface area contributed by atoms with Crippen LogP contribution in [-0.2, 0) is 4.79 Å². The van der Waals surface area contributed by atoms with Crippen LogP contribution in [0.25, 0.3) is 0 Å². The van der Waals surface area contributed by atoms with Crippen molar-refractivity contribution in [3.05, 3.63) is 34.4 Å². The van der Waals surface area contributed by atoms with Crippen LogP contribution >= 0.6 is 0 Å². The van der Waals surface area contributed by atoms with Gasteiger partial charge >= 0.3 is 0 Å². The Morgan fingerprint density at radius 3 is 2.65 bits per heavy atom. The van der Waals surface area contributed by atoms with Gasteiger partial charge in [-0.15, -0.1) is 0 Å². The smallest absolute Gasteiger partial charge is 0.271 e. The van der Waals surface area contributed by atoms with E-state index in [1.54, 1.807) is 6.07 Å². The van der Waals surface area contributed by atoms with Gasteiger partial charge in [-0.1, -0.05) is 19.9 Å². The SMILES string of the molecule is CC(C)C(N)C(=O)Nc1cccc([N+](=O)[O-])c1. The van der Waals surface area contributed by atoms with Crippen molar-refractivity contribution in [3.8, 4) is 0 Å². The van der Waals surface area contributed by atoms with Crippen LogP contribution in [0.2, 0.25) is 0 Å². The fraction of sp³-hybridized carbons (Fsp3) is 0.364. The summed E-state index contributed by atoms with van der Waals surface area (Å²) in [4.78, 5) is 21.7. The van der Waals surface area contributed by atoms with Gasteiger partial charge in [-0.3, -0.25) is 14.9 Å². The van der Waals surface area contributed by atoms with Crippen LogP contribution in [-0.4, -0.2) is 16.9 Å². The summed E-state index contributed by atoms with van der Waals surface area (Å²) >= 11 is 0. The number of hydrogen-bond donors (Lipinski definition) is 2. The molecule has 0 aliphatic heterocycles. The molecule has 0 saturated carbocycles. The van der Waals surface area contributed by atoms with Crippen molar-refractivity contribution in [2.75, 3.05) is 5.32 Å². The molecule has 0 fully saturated rings. The van der Waals surface area contributed by atoms with Gasteiger partial charge in [-0.05, 0) is 12.0 Å². The zero-order chi connectivity index (χ0) is 13.0. The molecule has 0 aliphatic rings. The number of carbonyl (C=O) groups excluding carboxylic acids is 1. The molecular formula is C11H15N3O3. The van der Waals surface area contributed by atoms with Gasteiger partial charge in [0, 0.05) is 17.8 Å². The molecule has 6 nitrogen and oxygen atoms in total. The Morgan fingerprint density at radius 2 is 2.12 bits per heavy atom. The lowest BCUT2D eigenvalue weighted by Crippen LogP contribution is -2.39. The zero-order valence-corrected chi connectivity index (χ0v) is 9.71. The third kappa shape index (κ3) is 3.53. The standard InChI is InChI=1S/C11H15N3O3/c1-7(2)10(12)11(15)13-8-4-3-5-9(6-8)14(16)17/h3-7,10H,12H2,1-2H3,(H,13,15). The zero-order valence-electron chi connectivity index (χ0n) is 9.71. The maximum atomic E-state index is 11.6. The van der Waals surface area contributed by atoms with Crippen molar-refractivity contribution in [1.82, 2.24) is 0 Å². The van der Waals surface area contributed by atoms with Gasteiger partial charge in [0.2, 0.25) is 5.91 Å². The first-order chi connectivity index (χ1) is 7.91. The van der Waals surface area contributed by atoms with E-state index in [4.69, 9.17) is 5.73 Å². The Labute approximate surface area is 99.0 Å². The van der Waals surface area contributed by atoms with E-state index >= 15 is 0 Å². The normalized spacial score (nSPS) is 12.2. The minimum Gasteiger partial charge on any atom is -0.324 e. The van der Waals surface area contributed by atoms with Crippen molar-refractivity contribution in [1.29, 1.82) is 0 Å². The first-order valence-corrected chi connectivity index (χ1v) is 5.22. The average Bonchev–Trinajstić information content (AvgIpc) is 2.28. The number of nitro groups is 1. The van der Waals surface area contributed by atoms with E-state index in [1.165, 1.54) is 18.2 Å². The third-order valence-electron chi connectivity index (χ3n) is 2.35. The van der Waals surface area contributed by atoms with Crippen molar-refractivity contribution in [2.45, 2.75) is 19.9 Å². The number of non-ortho nitro benzene ring substituents is 1. The molecule has 0 bridgehead atoms. The second kappa shape index (κ2) is 5.40. The molecule has 0 aliphatic carbocycles. The molecule has 0 radical (unpaired) electrons. The van der Waals surface area contributed by atoms with Crippen LogP contribution in [0.15, 0.2) is 24.3 Å². The summed E-state index contributed by atoms with van der Waals surface area (Å²) in [6.45, 7) is 3.66. The molecule has 0 heterocycles. The number of nitrogens with zero attached hydrogens (tertiary/aromatic N) is 1. The van der Waals surface area contributed by atoms with Crippen molar-refractivity contribution < 1.29 is 9.72 Å². The average molecular weight is 237 g/mol. The van der Waals surface area contributed by atoms with Gasteiger partial charge in [0.05, 0.1) is 11.0 Å². The van der Waals surface area contributed by atoms with Crippen LogP contribution < -0.4 is 11.1 Å². The topological polar surface area (TPSA) is 98.3 Å². The number of amides is 1. The molecule has 1 atom stereocenters. The second-order valence-electron chi connectivity index (χ2n) is 4.07. The van der Waals surface area contributed by atoms with Crippen LogP contribution in [0.4, 0.5) is 11.4 Å². The van der Waals surface area contributed by atoms with Gasteiger partial charge in [-0.2, -0.15) is 0 Å². The van der Waals surface area contributed by atoms with Gasteiger partial charge in [0.1, 0.15) is 0 Å². The molecule has 3 N–H and O–H groups in total. The fourth-order valence-corrected chi connectivity index (χ4v) is 1.23. The van der Waals surface area contributed by atoms with Crippen LogP contribution in [0, 0.1) is 16.0 Å². The van der Waals surface area contributed by atoms with Crippen LogP contribution in [0.1, 0.15) is 13.8 Å². The Bertz CT molecular complexity index is 432. The Hall–Kier alpha value is -1.95. The maximum Gasteiger partial charge on any atom is 0.271 e. The van der Waals surface area contributed by atoms with E-state index in [2.05, 4.69) is 5.32 Å². The molecule has 1 aromatic rings. The highest BCUT2D eigenvalue weighted by atomic mass is 16.6. The lowest BCUT2D eigenvalue weighted by Gasteiger charge is -2.15. The van der Waals surface area contributed by atoms with Crippen molar-refractivity contribution in [2.24, 2.45) is 11.7 Å². The molecular weight excluding hydrogens is 222 g/mol. The first kappa shape index (κ1) is 13.1. The van der Waals surface area contributed by atoms with E-state index < -0.39 is 11.0 Å². The Balaban J connectivity index is 2.78. The maximum absolute atomic E-state index is 11.6. The highest BCUT2D eigenvalue weighted by Gasteiger charge is 2.17. The Kier molecular flexibility index (Phi) is 4.17. The van der Waals surface area contributed by atoms with Gasteiger partial charge in [-0.25, -0.2) is 0 Å². The van der Waals surface area contributed by atoms with Crippen LogP contribution in [0.3, 0.4) is 0 Å². The van der Waals surface area contributed by atoms with E-state index in [-0.39, 0.29) is 17.5 Å². The molecule has 0 saturated heterocycles. The number of rotatable bonds is 4. The summed E-state index contributed by atoms with van der Waals surface area (Å²) in [5, 5.41) is 13.1. The van der Waals surface area contributed by atoms with Gasteiger partial charge in [0.25, 0.3) is 5.69 Å². The summed E-state index contributed by atoms with van der Waals surface area (Å²) in [5.41, 5.74) is 5.97. The number of benzene rings is 1. The highest BCUT2D eigenvalue weighted by molar-refractivity contribution is 5.95. The Morgan fingerprint density at radius 1 is 1.47 bits per heavy atom. The van der Waals surface area contributed by atoms with E-state index in [0.29, 0.717) is 5.69 Å². The number of nitrogens with one attached hydrogen (secondary N) is 1. The minimum absolute atomic E-state index is 0.00805. The molecule has 0 spiro atoms. The molecule has 17 heavy (non-hydrogen) atoms. The molecule has 1 unspecified atom stereocenters. The monoisotopic (exact) mass is 237 g/mol. The fourth-order valence-electron chi connectivity index (χ4n) is 1.23. The highest BCUT2D eigenvalue weighted by Crippen LogP contribution is 2.17. The molecule has 6 heteroatoms. The van der Waals surface area contributed by atoms with Crippen molar-refractivity contribution >= 4 is 17.3 Å². The summed E-state index contributed by atoms with van der Waals surface area (Å²) in [7, 11) is 0. The lowest BCUT2D eigenvalue weighted by molar-refractivity contribution is -0.384. The largest absolute Gasteiger partial charge is 0.324 e. The van der Waals surface area contributed by atoms with E-state index in [1.807, 2.05) is 13.8 Å². The minimum atomic E-state index is -0.630. The van der Waals surface area contributed by atoms with Gasteiger partial charge < -0.3 is 11.1 Å². The second-order valence-corrected chi connectivity index (χ2v) is 4.07. The first-order valence-electron chi connectivity index (χ1n) is 5.22. The summed E-state index contributed by atoms with van der Waals surface area (Å²) < 4.78 is 0. The van der Waals surface area contributed by atoms with E-state index in [9.17, 15) is 14.9 Å². The molecule has 1 aromatic carbocycles.